The van der Waals surface area contributed by atoms with Crippen molar-refractivity contribution < 1.29 is 9.53 Å². The SMILES string of the molecule is CCOc1cccc2c1-c1sc(NC(N)=O)cc1CC2. The van der Waals surface area contributed by atoms with Gasteiger partial charge in [-0.1, -0.05) is 12.1 Å². The number of amides is 2. The fraction of sp³-hybridized carbons (Fsp3) is 0.267. The molecule has 104 valence electrons. The first-order valence-corrected chi connectivity index (χ1v) is 7.45. The zero-order chi connectivity index (χ0) is 14.1. The number of benzene rings is 1. The first-order valence-electron chi connectivity index (χ1n) is 6.63. The summed E-state index contributed by atoms with van der Waals surface area (Å²) in [6, 6.07) is 7.66. The minimum atomic E-state index is -0.526. The van der Waals surface area contributed by atoms with E-state index in [0.717, 1.165) is 29.2 Å². The van der Waals surface area contributed by atoms with Crippen LogP contribution in [0.4, 0.5) is 9.80 Å². The number of nitrogens with one attached hydrogen (secondary N) is 1. The first-order chi connectivity index (χ1) is 9.69. The van der Waals surface area contributed by atoms with Crippen LogP contribution in [0.15, 0.2) is 24.3 Å². The van der Waals surface area contributed by atoms with Crippen molar-refractivity contribution in [2.24, 2.45) is 5.73 Å². The number of hydrogen-bond acceptors (Lipinski definition) is 3. The average molecular weight is 288 g/mol. The van der Waals surface area contributed by atoms with Gasteiger partial charge >= 0.3 is 6.03 Å². The monoisotopic (exact) mass is 288 g/mol. The van der Waals surface area contributed by atoms with Crippen molar-refractivity contribution >= 4 is 22.4 Å². The molecule has 0 spiro atoms. The van der Waals surface area contributed by atoms with Crippen molar-refractivity contribution in [3.63, 3.8) is 0 Å². The molecule has 0 saturated heterocycles. The summed E-state index contributed by atoms with van der Waals surface area (Å²) < 4.78 is 5.75. The third-order valence-corrected chi connectivity index (χ3v) is 4.47. The van der Waals surface area contributed by atoms with E-state index in [4.69, 9.17) is 10.5 Å². The highest BCUT2D eigenvalue weighted by atomic mass is 32.1. The van der Waals surface area contributed by atoms with Crippen molar-refractivity contribution in [2.75, 3.05) is 11.9 Å². The quantitative estimate of drug-likeness (QED) is 0.909. The molecule has 0 radical (unpaired) electrons. The highest BCUT2D eigenvalue weighted by molar-refractivity contribution is 7.19. The fourth-order valence-electron chi connectivity index (χ4n) is 2.60. The maximum Gasteiger partial charge on any atom is 0.317 e. The Morgan fingerprint density at radius 2 is 2.20 bits per heavy atom. The second kappa shape index (κ2) is 5.17. The summed E-state index contributed by atoms with van der Waals surface area (Å²) in [6.45, 7) is 2.63. The Bertz CT molecular complexity index is 664. The molecule has 5 heteroatoms. The summed E-state index contributed by atoms with van der Waals surface area (Å²) in [4.78, 5) is 12.2. The van der Waals surface area contributed by atoms with Crippen LogP contribution >= 0.6 is 11.3 Å². The Hall–Kier alpha value is -2.01. The predicted octanol–water partition coefficient (Wildman–Crippen LogP) is 3.40. The number of nitrogens with two attached hydrogens (primary N) is 1. The maximum absolute atomic E-state index is 11.0. The lowest BCUT2D eigenvalue weighted by Gasteiger charge is -2.19. The summed E-state index contributed by atoms with van der Waals surface area (Å²) in [7, 11) is 0. The Kier molecular flexibility index (Phi) is 3.36. The minimum Gasteiger partial charge on any atom is -0.493 e. The van der Waals surface area contributed by atoms with Gasteiger partial charge in [0, 0.05) is 10.4 Å². The standard InChI is InChI=1S/C15H16N2O2S/c1-2-19-11-5-3-4-9-6-7-10-8-12(17-15(16)18)20-14(10)13(9)11/h3-5,8H,2,6-7H2,1H3,(H3,16,17,18). The van der Waals surface area contributed by atoms with Gasteiger partial charge in [-0.05, 0) is 43.0 Å². The number of carbonyl (C=O) groups excluding carboxylic acids is 1. The predicted molar refractivity (Wildman–Crippen MR) is 81.5 cm³/mol. The molecular formula is C15H16N2O2S. The number of carbonyl (C=O) groups is 1. The zero-order valence-electron chi connectivity index (χ0n) is 11.2. The Balaban J connectivity index is 2.09. The maximum atomic E-state index is 11.0. The Morgan fingerprint density at radius 3 is 2.95 bits per heavy atom. The largest absolute Gasteiger partial charge is 0.493 e. The van der Waals surface area contributed by atoms with Gasteiger partial charge in [-0.3, -0.25) is 5.32 Å². The lowest BCUT2D eigenvalue weighted by atomic mass is 9.91. The molecule has 3 rings (SSSR count). The van der Waals surface area contributed by atoms with E-state index in [-0.39, 0.29) is 0 Å². The molecular weight excluding hydrogens is 272 g/mol. The van der Waals surface area contributed by atoms with Crippen molar-refractivity contribution in [1.82, 2.24) is 0 Å². The molecule has 0 bridgehead atoms. The lowest BCUT2D eigenvalue weighted by molar-refractivity contribution is 0.259. The number of rotatable bonds is 3. The molecule has 1 aromatic carbocycles. The summed E-state index contributed by atoms with van der Waals surface area (Å²) in [6.07, 6.45) is 1.98. The smallest absolute Gasteiger partial charge is 0.317 e. The summed E-state index contributed by atoms with van der Waals surface area (Å²) >= 11 is 1.55. The highest BCUT2D eigenvalue weighted by Gasteiger charge is 2.23. The molecule has 0 unspecified atom stereocenters. The molecule has 1 heterocycles. The van der Waals surface area contributed by atoms with Crippen LogP contribution in [0.3, 0.4) is 0 Å². The van der Waals surface area contributed by atoms with E-state index in [1.54, 1.807) is 11.3 Å². The molecule has 1 aliphatic rings. The molecule has 2 aromatic rings. The topological polar surface area (TPSA) is 64.3 Å². The number of ether oxygens (including phenoxy) is 1. The van der Waals surface area contributed by atoms with E-state index in [0.29, 0.717) is 6.61 Å². The summed E-state index contributed by atoms with van der Waals surface area (Å²) in [5.41, 5.74) is 8.90. The number of hydrogen-bond donors (Lipinski definition) is 2. The molecule has 1 aliphatic carbocycles. The summed E-state index contributed by atoms with van der Waals surface area (Å²) in [5.74, 6) is 0.915. The van der Waals surface area contributed by atoms with Crippen LogP contribution in [0.1, 0.15) is 18.1 Å². The van der Waals surface area contributed by atoms with Crippen molar-refractivity contribution in [3.8, 4) is 16.2 Å². The zero-order valence-corrected chi connectivity index (χ0v) is 12.0. The van der Waals surface area contributed by atoms with E-state index in [1.807, 2.05) is 25.1 Å². The van der Waals surface area contributed by atoms with Crippen LogP contribution in [-0.2, 0) is 12.8 Å². The molecule has 2 amide bonds. The number of thiophene rings is 1. The summed E-state index contributed by atoms with van der Waals surface area (Å²) in [5, 5.41) is 3.45. The second-order valence-electron chi connectivity index (χ2n) is 4.68. The molecule has 0 fully saturated rings. The number of anilines is 1. The fourth-order valence-corrected chi connectivity index (χ4v) is 3.80. The molecule has 0 saturated carbocycles. The van der Waals surface area contributed by atoms with Crippen molar-refractivity contribution in [3.05, 3.63) is 35.4 Å². The van der Waals surface area contributed by atoms with Gasteiger partial charge in [0.25, 0.3) is 0 Å². The van der Waals surface area contributed by atoms with E-state index >= 15 is 0 Å². The molecule has 1 aromatic heterocycles. The van der Waals surface area contributed by atoms with Crippen LogP contribution < -0.4 is 15.8 Å². The van der Waals surface area contributed by atoms with Gasteiger partial charge < -0.3 is 10.5 Å². The van der Waals surface area contributed by atoms with Gasteiger partial charge in [0.2, 0.25) is 0 Å². The van der Waals surface area contributed by atoms with Crippen molar-refractivity contribution in [1.29, 1.82) is 0 Å². The third kappa shape index (κ3) is 2.25. The number of urea groups is 1. The molecule has 0 aliphatic heterocycles. The van der Waals surface area contributed by atoms with E-state index in [1.165, 1.54) is 16.0 Å². The van der Waals surface area contributed by atoms with Gasteiger partial charge in [0.1, 0.15) is 5.75 Å². The van der Waals surface area contributed by atoms with Gasteiger partial charge in [-0.25, -0.2) is 4.79 Å². The normalized spacial score (nSPS) is 12.4. The molecule has 4 nitrogen and oxygen atoms in total. The number of fused-ring (bicyclic) bond motifs is 3. The molecule has 20 heavy (non-hydrogen) atoms. The van der Waals surface area contributed by atoms with Gasteiger partial charge in [-0.2, -0.15) is 0 Å². The van der Waals surface area contributed by atoms with E-state index < -0.39 is 6.03 Å². The molecule has 3 N–H and O–H groups in total. The van der Waals surface area contributed by atoms with Crippen LogP contribution in [0.25, 0.3) is 10.4 Å². The van der Waals surface area contributed by atoms with Crippen LogP contribution in [0, 0.1) is 0 Å². The van der Waals surface area contributed by atoms with Gasteiger partial charge in [0.05, 0.1) is 11.6 Å². The lowest BCUT2D eigenvalue weighted by Crippen LogP contribution is -2.18. The first kappa shape index (κ1) is 13.0. The van der Waals surface area contributed by atoms with Crippen LogP contribution in [-0.4, -0.2) is 12.6 Å². The van der Waals surface area contributed by atoms with Gasteiger partial charge in [0.15, 0.2) is 0 Å². The van der Waals surface area contributed by atoms with Crippen molar-refractivity contribution in [2.45, 2.75) is 19.8 Å². The van der Waals surface area contributed by atoms with Crippen LogP contribution in [0.5, 0.6) is 5.75 Å². The second-order valence-corrected chi connectivity index (χ2v) is 5.73. The number of aryl methyl sites for hydroxylation is 2. The van der Waals surface area contributed by atoms with E-state index in [9.17, 15) is 4.79 Å². The van der Waals surface area contributed by atoms with E-state index in [2.05, 4.69) is 11.4 Å². The average Bonchev–Trinajstić information content (AvgIpc) is 2.80. The number of primary amides is 1. The molecule has 0 atom stereocenters. The minimum absolute atomic E-state index is 0.526. The highest BCUT2D eigenvalue weighted by Crippen LogP contribution is 2.45. The van der Waals surface area contributed by atoms with Gasteiger partial charge in [-0.15, -0.1) is 11.3 Å². The Morgan fingerprint density at radius 1 is 1.40 bits per heavy atom. The van der Waals surface area contributed by atoms with Crippen LogP contribution in [0.2, 0.25) is 0 Å². The third-order valence-electron chi connectivity index (χ3n) is 3.36. The Labute approximate surface area is 121 Å².